The summed E-state index contributed by atoms with van der Waals surface area (Å²) in [4.78, 5) is 0. The molecule has 0 aliphatic heterocycles. The molecule has 0 spiro atoms. The van der Waals surface area contributed by atoms with Crippen molar-refractivity contribution in [2.45, 2.75) is 0 Å². The third kappa shape index (κ3) is 0.888. The van der Waals surface area contributed by atoms with Crippen LogP contribution in [0.3, 0.4) is 0 Å². The molecule has 1 aromatic rings. The van der Waals surface area contributed by atoms with Crippen molar-refractivity contribution in [1.29, 1.82) is 0 Å². The van der Waals surface area contributed by atoms with E-state index in [1.54, 1.807) is 7.05 Å². The fourth-order valence-electron chi connectivity index (χ4n) is 0.412. The molecule has 0 aliphatic carbocycles. The van der Waals surface area contributed by atoms with Crippen LogP contribution in [0, 0.1) is 5.95 Å². The van der Waals surface area contributed by atoms with E-state index in [0.717, 1.165) is 0 Å². The lowest BCUT2D eigenvalue weighted by Gasteiger charge is -1.84. The van der Waals surface area contributed by atoms with Crippen molar-refractivity contribution >= 4 is 15.9 Å². The fraction of sp³-hybridized carbons (Fsp3) is 0.250. The summed E-state index contributed by atoms with van der Waals surface area (Å²) in [6, 6.07) is 1.31. The van der Waals surface area contributed by atoms with Gasteiger partial charge in [0.1, 0.15) is 4.60 Å². The summed E-state index contributed by atoms with van der Waals surface area (Å²) < 4.78 is 14.1. The highest BCUT2D eigenvalue weighted by Crippen LogP contribution is 2.07. The van der Waals surface area contributed by atoms with Crippen LogP contribution in [0.1, 0.15) is 0 Å². The van der Waals surface area contributed by atoms with Crippen molar-refractivity contribution in [3.63, 3.8) is 0 Å². The Bertz CT molecular complexity index is 176. The molecule has 0 amide bonds. The number of hydrogen-bond acceptors (Lipinski definition) is 1. The molecule has 0 aliphatic rings. The molecule has 0 atom stereocenters. The number of hydrogen-bond donors (Lipinski definition) is 0. The molecule has 0 radical (unpaired) electrons. The van der Waals surface area contributed by atoms with Gasteiger partial charge in [-0.1, -0.05) is 0 Å². The standard InChI is InChI=1S/C4H4BrFN2/c1-8-3(5)2-4(6)7-8/h2H,1H3. The molecule has 0 fully saturated rings. The number of aryl methyl sites for hydroxylation is 1. The summed E-state index contributed by atoms with van der Waals surface area (Å²) >= 11 is 3.08. The molecule has 0 unspecified atom stereocenters. The van der Waals surface area contributed by atoms with Crippen LogP contribution < -0.4 is 0 Å². The van der Waals surface area contributed by atoms with Crippen LogP contribution in [0.15, 0.2) is 10.7 Å². The summed E-state index contributed by atoms with van der Waals surface area (Å²) in [5.74, 6) is -0.459. The maximum atomic E-state index is 12.0. The Morgan fingerprint density at radius 3 is 2.62 bits per heavy atom. The van der Waals surface area contributed by atoms with E-state index in [9.17, 15) is 4.39 Å². The number of nitrogens with zero attached hydrogens (tertiary/aromatic N) is 2. The number of halogens is 2. The number of aromatic nitrogens is 2. The monoisotopic (exact) mass is 178 g/mol. The molecule has 2 nitrogen and oxygen atoms in total. The quantitative estimate of drug-likeness (QED) is 0.587. The average molecular weight is 179 g/mol. The maximum Gasteiger partial charge on any atom is 0.233 e. The fourth-order valence-corrected chi connectivity index (χ4v) is 0.680. The largest absolute Gasteiger partial charge is 0.259 e. The molecule has 0 saturated carbocycles. The first-order chi connectivity index (χ1) is 3.70. The Hall–Kier alpha value is -0.380. The van der Waals surface area contributed by atoms with Gasteiger partial charge in [0.25, 0.3) is 0 Å². The van der Waals surface area contributed by atoms with E-state index in [4.69, 9.17) is 0 Å². The lowest BCUT2D eigenvalue weighted by Crippen LogP contribution is -1.89. The average Bonchev–Trinajstić information content (AvgIpc) is 1.85. The SMILES string of the molecule is Cn1nc(F)cc1Br. The second-order valence-corrected chi connectivity index (χ2v) is 2.23. The Kier molecular flexibility index (Phi) is 1.33. The maximum absolute atomic E-state index is 12.0. The topological polar surface area (TPSA) is 17.8 Å². The molecule has 8 heavy (non-hydrogen) atoms. The zero-order valence-electron chi connectivity index (χ0n) is 4.23. The van der Waals surface area contributed by atoms with Gasteiger partial charge in [-0.25, -0.2) is 0 Å². The lowest BCUT2D eigenvalue weighted by molar-refractivity contribution is 0.552. The summed E-state index contributed by atoms with van der Waals surface area (Å²) in [6.07, 6.45) is 0. The second-order valence-electron chi connectivity index (χ2n) is 1.41. The van der Waals surface area contributed by atoms with Gasteiger partial charge in [-0.05, 0) is 15.9 Å². The van der Waals surface area contributed by atoms with Crippen molar-refractivity contribution in [3.8, 4) is 0 Å². The molecule has 0 saturated heterocycles. The van der Waals surface area contributed by atoms with Crippen LogP contribution in [0.25, 0.3) is 0 Å². The molecule has 44 valence electrons. The third-order valence-corrected chi connectivity index (χ3v) is 1.54. The molecule has 0 bridgehead atoms. The van der Waals surface area contributed by atoms with E-state index >= 15 is 0 Å². The Balaban J connectivity index is 3.14. The van der Waals surface area contributed by atoms with Gasteiger partial charge in [0.15, 0.2) is 0 Å². The van der Waals surface area contributed by atoms with Crippen LogP contribution in [-0.4, -0.2) is 9.78 Å². The van der Waals surface area contributed by atoms with E-state index < -0.39 is 5.95 Å². The molecule has 1 aromatic heterocycles. The highest BCUT2D eigenvalue weighted by molar-refractivity contribution is 9.10. The van der Waals surface area contributed by atoms with Gasteiger partial charge in [-0.2, -0.15) is 4.39 Å². The van der Waals surface area contributed by atoms with Crippen molar-refractivity contribution < 1.29 is 4.39 Å². The van der Waals surface area contributed by atoms with Gasteiger partial charge >= 0.3 is 0 Å². The summed E-state index contributed by atoms with van der Waals surface area (Å²) in [5.41, 5.74) is 0. The van der Waals surface area contributed by atoms with E-state index in [0.29, 0.717) is 4.60 Å². The molecular weight excluding hydrogens is 175 g/mol. The summed E-state index contributed by atoms with van der Waals surface area (Å²) in [5, 5.41) is 3.41. The minimum absolute atomic E-state index is 0.459. The first kappa shape index (κ1) is 5.75. The smallest absolute Gasteiger partial charge is 0.233 e. The molecule has 1 rings (SSSR count). The minimum Gasteiger partial charge on any atom is -0.259 e. The van der Waals surface area contributed by atoms with Crippen LogP contribution in [0.4, 0.5) is 4.39 Å². The number of rotatable bonds is 0. The van der Waals surface area contributed by atoms with Gasteiger partial charge in [-0.15, -0.1) is 5.10 Å². The van der Waals surface area contributed by atoms with Crippen LogP contribution in [0.5, 0.6) is 0 Å². The molecule has 1 heterocycles. The predicted octanol–water partition coefficient (Wildman–Crippen LogP) is 1.32. The van der Waals surface area contributed by atoms with E-state index in [-0.39, 0.29) is 0 Å². The highest BCUT2D eigenvalue weighted by Gasteiger charge is 1.97. The Morgan fingerprint density at radius 1 is 1.88 bits per heavy atom. The molecule has 4 heteroatoms. The van der Waals surface area contributed by atoms with Crippen LogP contribution in [-0.2, 0) is 7.05 Å². The second kappa shape index (κ2) is 1.85. The minimum atomic E-state index is -0.459. The first-order valence-corrected chi connectivity index (χ1v) is 2.84. The Morgan fingerprint density at radius 2 is 2.50 bits per heavy atom. The van der Waals surface area contributed by atoms with Gasteiger partial charge in [0.2, 0.25) is 5.95 Å². The van der Waals surface area contributed by atoms with Crippen molar-refractivity contribution in [2.75, 3.05) is 0 Å². The molecule has 0 N–H and O–H groups in total. The van der Waals surface area contributed by atoms with Crippen molar-refractivity contribution in [3.05, 3.63) is 16.6 Å². The van der Waals surface area contributed by atoms with Crippen molar-refractivity contribution in [2.24, 2.45) is 7.05 Å². The third-order valence-electron chi connectivity index (χ3n) is 0.793. The highest BCUT2D eigenvalue weighted by atomic mass is 79.9. The Labute approximate surface area is 54.4 Å². The summed E-state index contributed by atoms with van der Waals surface area (Å²) in [7, 11) is 1.66. The lowest BCUT2D eigenvalue weighted by atomic mass is 10.7. The predicted molar refractivity (Wildman–Crippen MR) is 30.9 cm³/mol. The van der Waals surface area contributed by atoms with Gasteiger partial charge in [0, 0.05) is 13.1 Å². The van der Waals surface area contributed by atoms with Crippen LogP contribution in [0.2, 0.25) is 0 Å². The van der Waals surface area contributed by atoms with E-state index in [2.05, 4.69) is 21.0 Å². The van der Waals surface area contributed by atoms with Crippen molar-refractivity contribution in [1.82, 2.24) is 9.78 Å². The first-order valence-electron chi connectivity index (χ1n) is 2.05. The van der Waals surface area contributed by atoms with Gasteiger partial charge < -0.3 is 0 Å². The normalized spacial score (nSPS) is 9.88. The van der Waals surface area contributed by atoms with E-state index in [1.165, 1.54) is 10.7 Å². The van der Waals surface area contributed by atoms with Gasteiger partial charge in [-0.3, -0.25) is 4.68 Å². The summed E-state index contributed by atoms with van der Waals surface area (Å²) in [6.45, 7) is 0. The van der Waals surface area contributed by atoms with Gasteiger partial charge in [0.05, 0.1) is 0 Å². The molecular formula is C4H4BrFN2. The zero-order valence-corrected chi connectivity index (χ0v) is 5.81. The zero-order chi connectivity index (χ0) is 6.15. The molecule has 0 aromatic carbocycles. The van der Waals surface area contributed by atoms with E-state index in [1.807, 2.05) is 0 Å². The van der Waals surface area contributed by atoms with Crippen LogP contribution >= 0.6 is 15.9 Å².